The first-order valence-corrected chi connectivity index (χ1v) is 13.0. The van der Waals surface area contributed by atoms with Crippen LogP contribution in [0.25, 0.3) is 5.57 Å². The third-order valence-electron chi connectivity index (χ3n) is 6.65. The van der Waals surface area contributed by atoms with Crippen LogP contribution in [0.4, 0.5) is 10.2 Å². The molecule has 0 saturated heterocycles. The zero-order valence-electron chi connectivity index (χ0n) is 19.8. The van der Waals surface area contributed by atoms with Gasteiger partial charge in [0.2, 0.25) is 0 Å². The molecule has 182 valence electrons. The minimum absolute atomic E-state index is 0.119. The number of benzene rings is 2. The number of fused-ring (bicyclic) bond motifs is 2. The lowest BCUT2D eigenvalue weighted by Crippen LogP contribution is -2.28. The Kier molecular flexibility index (Phi) is 5.89. The molecular formula is C27H26FN6OP. The van der Waals surface area contributed by atoms with Gasteiger partial charge in [0, 0.05) is 35.5 Å². The van der Waals surface area contributed by atoms with Crippen LogP contribution in [0.15, 0.2) is 71.4 Å². The molecule has 0 spiro atoms. The van der Waals surface area contributed by atoms with Crippen LogP contribution in [0.5, 0.6) is 5.75 Å². The number of nitrogens with one attached hydrogen (secondary N) is 1. The summed E-state index contributed by atoms with van der Waals surface area (Å²) in [5.74, 6) is 4.38. The first-order chi connectivity index (χ1) is 17.5. The highest BCUT2D eigenvalue weighted by atomic mass is 31.1. The van der Waals surface area contributed by atoms with E-state index in [1.165, 1.54) is 12.1 Å². The summed E-state index contributed by atoms with van der Waals surface area (Å²) in [6, 6.07) is 13.0. The van der Waals surface area contributed by atoms with Crippen molar-refractivity contribution in [1.82, 2.24) is 15.3 Å². The molecule has 0 bridgehead atoms. The maximum Gasteiger partial charge on any atom is 0.193 e. The molecule has 0 saturated carbocycles. The number of aliphatic imine (C=N–C) groups is 1. The molecule has 0 amide bonds. The number of anilines is 1. The van der Waals surface area contributed by atoms with E-state index in [0.717, 1.165) is 50.8 Å². The fourth-order valence-electron chi connectivity index (χ4n) is 4.77. The van der Waals surface area contributed by atoms with E-state index in [4.69, 9.17) is 10.5 Å². The van der Waals surface area contributed by atoms with Crippen molar-refractivity contribution in [1.29, 1.82) is 0 Å². The Morgan fingerprint density at radius 1 is 1.19 bits per heavy atom. The maximum absolute atomic E-state index is 13.4. The molecule has 9 heteroatoms. The lowest BCUT2D eigenvalue weighted by atomic mass is 10.0. The lowest BCUT2D eigenvalue weighted by Gasteiger charge is -2.24. The topological polar surface area (TPSA) is 88.7 Å². The molecule has 0 radical (unpaired) electrons. The average molecular weight is 501 g/mol. The number of rotatable bonds is 4. The average Bonchev–Trinajstić information content (AvgIpc) is 3.12. The fraction of sp³-hybridized carbons (Fsp3) is 0.222. The molecule has 36 heavy (non-hydrogen) atoms. The van der Waals surface area contributed by atoms with Crippen LogP contribution >= 0.6 is 8.58 Å². The number of halogens is 1. The van der Waals surface area contributed by atoms with Crippen molar-refractivity contribution in [3.8, 4) is 5.75 Å². The molecule has 2 aromatic carbocycles. The molecule has 2 atom stereocenters. The molecule has 6 rings (SSSR count). The SMILES string of the molecule is Cc1ncnc(N2CCOc3ccc(C4=CPC5N=C(N)NC5=C4)cc3C2)c1Cc1ccc(F)cc1. The maximum atomic E-state index is 13.4. The van der Waals surface area contributed by atoms with Crippen molar-refractivity contribution in [2.24, 2.45) is 10.7 Å². The van der Waals surface area contributed by atoms with Gasteiger partial charge in [0.15, 0.2) is 5.96 Å². The summed E-state index contributed by atoms with van der Waals surface area (Å²) in [5.41, 5.74) is 13.3. The summed E-state index contributed by atoms with van der Waals surface area (Å²) in [5, 5.41) is 3.18. The standard InChI is InChI=1S/C27H26FN6OP/c1-16-22(10-17-2-5-21(28)6-3-17)25(31-15-30-16)34-8-9-35-24-7-4-18(11-19(24)13-34)20-12-23-26(36-14-20)33-27(29)32-23/h2-7,11-12,14-15,26,36H,8-10,13H2,1H3,(H3,29,32,33). The molecule has 2 unspecified atom stereocenters. The second kappa shape index (κ2) is 9.36. The smallest absolute Gasteiger partial charge is 0.193 e. The highest BCUT2D eigenvalue weighted by Gasteiger charge is 2.25. The van der Waals surface area contributed by atoms with E-state index >= 15 is 0 Å². The highest BCUT2D eigenvalue weighted by Crippen LogP contribution is 2.40. The van der Waals surface area contributed by atoms with E-state index in [-0.39, 0.29) is 11.6 Å². The zero-order chi connectivity index (χ0) is 24.6. The molecule has 3 aliphatic rings. The van der Waals surface area contributed by atoms with Gasteiger partial charge < -0.3 is 20.7 Å². The van der Waals surface area contributed by atoms with E-state index in [0.29, 0.717) is 40.7 Å². The third-order valence-corrected chi connectivity index (χ3v) is 7.88. The number of hydrogen-bond donors (Lipinski definition) is 2. The molecule has 1 aromatic heterocycles. The van der Waals surface area contributed by atoms with Gasteiger partial charge in [-0.2, -0.15) is 0 Å². The van der Waals surface area contributed by atoms with Gasteiger partial charge in [-0.05, 0) is 54.0 Å². The fourth-order valence-corrected chi connectivity index (χ4v) is 5.91. The van der Waals surface area contributed by atoms with Gasteiger partial charge in [-0.3, -0.25) is 0 Å². The van der Waals surface area contributed by atoms with Gasteiger partial charge in [0.1, 0.15) is 36.1 Å². The van der Waals surface area contributed by atoms with Crippen molar-refractivity contribution in [3.05, 3.63) is 100 Å². The lowest BCUT2D eigenvalue weighted by molar-refractivity contribution is 0.331. The van der Waals surface area contributed by atoms with Crippen molar-refractivity contribution >= 4 is 25.9 Å². The first-order valence-electron chi connectivity index (χ1n) is 11.9. The van der Waals surface area contributed by atoms with Crippen LogP contribution in [0, 0.1) is 12.7 Å². The van der Waals surface area contributed by atoms with E-state index in [1.54, 1.807) is 6.33 Å². The first kappa shape index (κ1) is 22.7. The minimum Gasteiger partial charge on any atom is -0.491 e. The van der Waals surface area contributed by atoms with Crippen molar-refractivity contribution in [3.63, 3.8) is 0 Å². The number of aryl methyl sites for hydroxylation is 1. The summed E-state index contributed by atoms with van der Waals surface area (Å²) < 4.78 is 19.6. The zero-order valence-corrected chi connectivity index (χ0v) is 20.8. The van der Waals surface area contributed by atoms with E-state index < -0.39 is 0 Å². The summed E-state index contributed by atoms with van der Waals surface area (Å²) >= 11 is 0. The Bertz CT molecular complexity index is 1420. The Balaban J connectivity index is 1.30. The van der Waals surface area contributed by atoms with Gasteiger partial charge in [-0.1, -0.05) is 32.6 Å². The quantitative estimate of drug-likeness (QED) is 0.525. The van der Waals surface area contributed by atoms with E-state index in [1.807, 2.05) is 19.1 Å². The number of ether oxygens (including phenoxy) is 1. The van der Waals surface area contributed by atoms with Gasteiger partial charge in [0.25, 0.3) is 0 Å². The summed E-state index contributed by atoms with van der Waals surface area (Å²) in [6.07, 6.45) is 4.38. The van der Waals surface area contributed by atoms with Crippen LogP contribution in [0.2, 0.25) is 0 Å². The van der Waals surface area contributed by atoms with Crippen LogP contribution in [-0.4, -0.2) is 34.9 Å². The molecular weight excluding hydrogens is 474 g/mol. The monoisotopic (exact) mass is 500 g/mol. The molecule has 3 N–H and O–H groups in total. The molecule has 4 heterocycles. The molecule has 0 aliphatic carbocycles. The molecule has 7 nitrogen and oxygen atoms in total. The van der Waals surface area contributed by atoms with Gasteiger partial charge in [-0.25, -0.2) is 19.4 Å². The second-order valence-electron chi connectivity index (χ2n) is 9.06. The summed E-state index contributed by atoms with van der Waals surface area (Å²) in [7, 11) is 0.547. The highest BCUT2D eigenvalue weighted by molar-refractivity contribution is 7.43. The third kappa shape index (κ3) is 4.44. The Morgan fingerprint density at radius 2 is 2.06 bits per heavy atom. The van der Waals surface area contributed by atoms with E-state index in [2.05, 4.69) is 55.3 Å². The van der Waals surface area contributed by atoms with E-state index in [9.17, 15) is 4.39 Å². The molecule has 3 aliphatic heterocycles. The number of allylic oxidation sites excluding steroid dienone is 2. The van der Waals surface area contributed by atoms with Gasteiger partial charge in [0.05, 0.1) is 6.54 Å². The van der Waals surface area contributed by atoms with Crippen LogP contribution in [-0.2, 0) is 13.0 Å². The normalized spacial score (nSPS) is 19.3. The largest absolute Gasteiger partial charge is 0.491 e. The number of guanidine groups is 1. The van der Waals surface area contributed by atoms with Crippen molar-refractivity contribution in [2.75, 3.05) is 18.1 Å². The van der Waals surface area contributed by atoms with Crippen LogP contribution in [0.1, 0.15) is 27.9 Å². The summed E-state index contributed by atoms with van der Waals surface area (Å²) in [4.78, 5) is 15.8. The second-order valence-corrected chi connectivity index (χ2v) is 10.2. The Morgan fingerprint density at radius 3 is 2.92 bits per heavy atom. The van der Waals surface area contributed by atoms with Crippen LogP contribution in [0.3, 0.4) is 0 Å². The molecule has 3 aromatic rings. The predicted molar refractivity (Wildman–Crippen MR) is 142 cm³/mol. The van der Waals surface area contributed by atoms with Crippen molar-refractivity contribution < 1.29 is 9.13 Å². The number of aromatic nitrogens is 2. The number of nitrogens with two attached hydrogens (primary N) is 1. The van der Waals surface area contributed by atoms with Gasteiger partial charge >= 0.3 is 0 Å². The van der Waals surface area contributed by atoms with Gasteiger partial charge in [-0.15, -0.1) is 0 Å². The van der Waals surface area contributed by atoms with Crippen LogP contribution < -0.4 is 20.7 Å². The Hall–Kier alpha value is -3.77. The predicted octanol–water partition coefficient (Wildman–Crippen LogP) is 4.07. The Labute approximate surface area is 210 Å². The van der Waals surface area contributed by atoms with Crippen molar-refractivity contribution in [2.45, 2.75) is 25.7 Å². The minimum atomic E-state index is -0.239. The molecule has 0 fully saturated rings. The number of hydrogen-bond acceptors (Lipinski definition) is 7. The summed E-state index contributed by atoms with van der Waals surface area (Å²) in [6.45, 7) is 3.92. The number of nitrogens with zero attached hydrogens (tertiary/aromatic N) is 4.